The van der Waals surface area contributed by atoms with E-state index in [9.17, 15) is 132 Å². The van der Waals surface area contributed by atoms with Crippen molar-refractivity contribution in [3.8, 4) is 0 Å². The summed E-state index contributed by atoms with van der Waals surface area (Å²) in [5.41, 5.74) is -37.7. The molecule has 0 aromatic carbocycles. The summed E-state index contributed by atoms with van der Waals surface area (Å²) in [6.45, 7) is 0. The van der Waals surface area contributed by atoms with Crippen LogP contribution in [0.5, 0.6) is 0 Å². The SMILES string of the molecule is FC(F)(F)C(OP12(OC(C(F)(F)F)(C(F)(F)F)C(C(F)(F)F)(C(F)(F)F)O1)OC(C(F)(F)F)(C(F)(F)F)C(C(F)(F)F)(C(F)(F)F)O2)C(F)(F)F. The molecule has 2 heterocycles. The van der Waals surface area contributed by atoms with Gasteiger partial charge in [-0.1, -0.05) is 0 Å². The van der Waals surface area contributed by atoms with E-state index in [0.29, 0.717) is 0 Å². The van der Waals surface area contributed by atoms with Crippen LogP contribution in [0.4, 0.5) is 132 Å². The van der Waals surface area contributed by atoms with Crippen LogP contribution in [-0.4, -0.2) is 90.3 Å². The van der Waals surface area contributed by atoms with Crippen LogP contribution >= 0.6 is 7.74 Å². The molecule has 0 aromatic rings. The van der Waals surface area contributed by atoms with E-state index in [2.05, 4.69) is 0 Å². The standard InChI is InChI=1S/C15HF30O5P/c16-2(17,18)1(3(19,20)21)46-51(47-4(8(22,23)24,9(25,26)27)5(48-51,10(28,29)30)11(31,32)33)49-6(12(34,35)36,13(37,38)39)7(50-51,14(40,41)42)15(43,44)45/h1H. The maximum atomic E-state index is 14.0. The Morgan fingerprint density at radius 3 is 0.529 bits per heavy atom. The van der Waals surface area contributed by atoms with E-state index in [-0.39, 0.29) is 0 Å². The van der Waals surface area contributed by atoms with Crippen molar-refractivity contribution in [3.05, 3.63) is 0 Å². The van der Waals surface area contributed by atoms with Gasteiger partial charge in [-0.3, -0.25) is 0 Å². The van der Waals surface area contributed by atoms with Crippen molar-refractivity contribution in [2.75, 3.05) is 0 Å². The number of alkyl halides is 30. The second kappa shape index (κ2) is 10.7. The summed E-state index contributed by atoms with van der Waals surface area (Å²) in [5.74, 6) is 0. The van der Waals surface area contributed by atoms with Crippen molar-refractivity contribution >= 4 is 7.74 Å². The van der Waals surface area contributed by atoms with Gasteiger partial charge < -0.3 is 0 Å². The van der Waals surface area contributed by atoms with E-state index >= 15 is 0 Å². The molecular formula is C15HF30O5P. The van der Waals surface area contributed by atoms with Crippen LogP contribution in [0.15, 0.2) is 0 Å². The molecule has 36 heteroatoms. The van der Waals surface area contributed by atoms with Crippen LogP contribution in [0, 0.1) is 0 Å². The monoisotopic (exact) mass is 862 g/mol. The van der Waals surface area contributed by atoms with Crippen LogP contribution in [0.1, 0.15) is 0 Å². The van der Waals surface area contributed by atoms with E-state index in [0.717, 1.165) is 0 Å². The Balaban J connectivity index is 3.78. The summed E-state index contributed by atoms with van der Waals surface area (Å²) in [6, 6.07) is 0. The summed E-state index contributed by atoms with van der Waals surface area (Å²) >= 11 is 0. The quantitative estimate of drug-likeness (QED) is 0.205. The summed E-state index contributed by atoms with van der Waals surface area (Å²) < 4.78 is 425. The first kappa shape index (κ1) is 45.3. The molecule has 2 aliphatic heterocycles. The minimum absolute atomic E-state index is 1.75. The van der Waals surface area contributed by atoms with Crippen molar-refractivity contribution < 1.29 is 154 Å². The third-order valence-corrected chi connectivity index (χ3v) is 9.04. The molecule has 0 aliphatic carbocycles. The van der Waals surface area contributed by atoms with Crippen molar-refractivity contribution in [1.29, 1.82) is 0 Å². The fraction of sp³-hybridized carbons (Fsp3) is 1.00. The Kier molecular flexibility index (Phi) is 9.47. The Labute approximate surface area is 253 Å². The topological polar surface area (TPSA) is 46.2 Å². The molecular weight excluding hydrogens is 861 g/mol. The zero-order valence-corrected chi connectivity index (χ0v) is 22.3. The van der Waals surface area contributed by atoms with Crippen molar-refractivity contribution in [1.82, 2.24) is 0 Å². The molecule has 2 saturated heterocycles. The zero-order chi connectivity index (χ0) is 41.6. The second-order valence-electron chi connectivity index (χ2n) is 9.39. The third kappa shape index (κ3) is 5.69. The van der Waals surface area contributed by atoms with Gasteiger partial charge in [-0.15, -0.1) is 0 Å². The van der Waals surface area contributed by atoms with E-state index in [1.165, 1.54) is 0 Å². The number of hydrogen-bond donors (Lipinski definition) is 0. The third-order valence-electron chi connectivity index (χ3n) is 6.20. The molecule has 5 nitrogen and oxygen atoms in total. The van der Waals surface area contributed by atoms with Gasteiger partial charge >= 0.3 is 252 Å². The molecule has 0 atom stereocenters. The zero-order valence-electron chi connectivity index (χ0n) is 21.4. The van der Waals surface area contributed by atoms with Crippen LogP contribution in [-0.2, 0) is 22.6 Å². The van der Waals surface area contributed by atoms with Crippen LogP contribution < -0.4 is 0 Å². The van der Waals surface area contributed by atoms with Gasteiger partial charge in [0.05, 0.1) is 0 Å². The summed E-state index contributed by atoms with van der Waals surface area (Å²) in [7, 11) is -12.5. The second-order valence-corrected chi connectivity index (χ2v) is 11.8. The molecule has 2 fully saturated rings. The number of halogens is 30. The molecule has 0 unspecified atom stereocenters. The van der Waals surface area contributed by atoms with Crippen LogP contribution in [0.2, 0.25) is 0 Å². The normalized spacial score (nSPS) is 25.3. The molecule has 0 amide bonds. The van der Waals surface area contributed by atoms with E-state index in [4.69, 9.17) is 0 Å². The first-order valence-corrected chi connectivity index (χ1v) is 12.5. The molecule has 306 valence electrons. The number of rotatable bonds is 2. The average Bonchev–Trinajstić information content (AvgIpc) is 3.24. The maximum absolute atomic E-state index is 14.0. The summed E-state index contributed by atoms with van der Waals surface area (Å²) in [4.78, 5) is 0. The fourth-order valence-electron chi connectivity index (χ4n) is 4.48. The molecule has 51 heavy (non-hydrogen) atoms. The van der Waals surface area contributed by atoms with Gasteiger partial charge in [-0.05, 0) is 0 Å². The van der Waals surface area contributed by atoms with Crippen molar-refractivity contribution in [2.24, 2.45) is 0 Å². The molecule has 2 aliphatic rings. The van der Waals surface area contributed by atoms with E-state index in [1.54, 1.807) is 18.1 Å². The van der Waals surface area contributed by atoms with Gasteiger partial charge in [0.15, 0.2) is 0 Å². The first-order chi connectivity index (χ1) is 21.5. The Morgan fingerprint density at radius 1 is 0.294 bits per heavy atom. The predicted molar refractivity (Wildman–Crippen MR) is 87.6 cm³/mol. The fourth-order valence-corrected chi connectivity index (χ4v) is 8.59. The number of hydrogen-bond acceptors (Lipinski definition) is 5. The summed E-state index contributed by atoms with van der Waals surface area (Å²) in [5, 5.41) is 0. The van der Waals surface area contributed by atoms with Gasteiger partial charge in [0.25, 0.3) is 0 Å². The molecule has 0 N–H and O–H groups in total. The predicted octanol–water partition coefficient (Wildman–Crippen LogP) is 10.2. The van der Waals surface area contributed by atoms with Crippen LogP contribution in [0.3, 0.4) is 0 Å². The summed E-state index contributed by atoms with van der Waals surface area (Å²) in [6.07, 6.45) is -97.5. The van der Waals surface area contributed by atoms with Crippen molar-refractivity contribution in [3.63, 3.8) is 0 Å². The van der Waals surface area contributed by atoms with Gasteiger partial charge in [-0.2, -0.15) is 0 Å². The van der Waals surface area contributed by atoms with E-state index in [1.807, 2.05) is 4.52 Å². The Morgan fingerprint density at radius 2 is 0.431 bits per heavy atom. The molecule has 0 aromatic heterocycles. The molecule has 1 spiro atoms. The Hall–Kier alpha value is -1.87. The Bertz CT molecular complexity index is 1080. The molecule has 0 bridgehead atoms. The first-order valence-electron chi connectivity index (χ1n) is 10.7. The van der Waals surface area contributed by atoms with Crippen molar-refractivity contribution in [2.45, 2.75) is 90.3 Å². The van der Waals surface area contributed by atoms with Gasteiger partial charge in [-0.25, -0.2) is 0 Å². The van der Waals surface area contributed by atoms with Gasteiger partial charge in [0.2, 0.25) is 0 Å². The van der Waals surface area contributed by atoms with E-state index < -0.39 is 98.0 Å². The average molecular weight is 862 g/mol. The molecule has 2 rings (SSSR count). The minimum atomic E-state index is -12.5. The van der Waals surface area contributed by atoms with Gasteiger partial charge in [0.1, 0.15) is 0 Å². The molecule has 0 radical (unpaired) electrons. The molecule has 0 saturated carbocycles. The van der Waals surface area contributed by atoms with Gasteiger partial charge in [0, 0.05) is 0 Å². The van der Waals surface area contributed by atoms with Crippen LogP contribution in [0.25, 0.3) is 0 Å².